The van der Waals surface area contributed by atoms with Gasteiger partial charge in [-0.05, 0) is 54.8 Å². The molecule has 1 aliphatic rings. The molecule has 1 saturated heterocycles. The maximum atomic E-state index is 12.6. The van der Waals surface area contributed by atoms with Crippen LogP contribution in [0.4, 0.5) is 5.69 Å². The van der Waals surface area contributed by atoms with Crippen LogP contribution in [0.3, 0.4) is 0 Å². The van der Waals surface area contributed by atoms with Crippen LogP contribution < -0.4 is 20.3 Å². The van der Waals surface area contributed by atoms with Gasteiger partial charge in [0, 0.05) is 42.8 Å². The highest BCUT2D eigenvalue weighted by atomic mass is 32.1. The molecule has 2 aromatic heterocycles. The molecule has 0 unspecified atom stereocenters. The summed E-state index contributed by atoms with van der Waals surface area (Å²) in [4.78, 5) is 30.8. The molecule has 1 aromatic carbocycles. The highest BCUT2D eigenvalue weighted by Crippen LogP contribution is 2.30. The monoisotopic (exact) mass is 482 g/mol. The fourth-order valence-electron chi connectivity index (χ4n) is 4.27. The third-order valence-electron chi connectivity index (χ3n) is 6.02. The van der Waals surface area contributed by atoms with Crippen molar-refractivity contribution in [3.63, 3.8) is 0 Å². The Morgan fingerprint density at radius 2 is 1.82 bits per heavy atom. The molecule has 9 heteroatoms. The summed E-state index contributed by atoms with van der Waals surface area (Å²) in [7, 11) is 1.67. The van der Waals surface area contributed by atoms with Crippen molar-refractivity contribution in [3.8, 4) is 5.75 Å². The smallest absolute Gasteiger partial charge is 0.309 e. The zero-order chi connectivity index (χ0) is 23.9. The quantitative estimate of drug-likeness (QED) is 0.480. The summed E-state index contributed by atoms with van der Waals surface area (Å²) in [6, 6.07) is 15.5. The van der Waals surface area contributed by atoms with Gasteiger partial charge in [-0.15, -0.1) is 11.3 Å². The summed E-state index contributed by atoms with van der Waals surface area (Å²) in [6.07, 6.45) is 1.53. The fraction of sp³-hybridized carbons (Fsp3) is 0.360. The van der Waals surface area contributed by atoms with Crippen LogP contribution in [0, 0.1) is 0 Å². The number of anilines is 1. The number of piperazine rings is 1. The second-order valence-electron chi connectivity index (χ2n) is 8.21. The van der Waals surface area contributed by atoms with Crippen molar-refractivity contribution in [2.45, 2.75) is 25.6 Å². The molecule has 4 rings (SSSR count). The lowest BCUT2D eigenvalue weighted by molar-refractivity contribution is -0.140. The predicted octanol–water partition coefficient (Wildman–Crippen LogP) is 3.03. The van der Waals surface area contributed by atoms with Crippen LogP contribution in [-0.2, 0) is 16.1 Å². The van der Waals surface area contributed by atoms with Gasteiger partial charge in [-0.25, -0.2) is 0 Å². The molecular formula is C25H30N4O4S. The lowest BCUT2D eigenvalue weighted by atomic mass is 10.0. The lowest BCUT2D eigenvalue weighted by Crippen LogP contribution is -2.53. The molecule has 0 bridgehead atoms. The molecule has 0 saturated carbocycles. The molecule has 0 radical (unpaired) electrons. The Morgan fingerprint density at radius 3 is 2.44 bits per heavy atom. The number of ether oxygens (including phenoxy) is 1. The predicted molar refractivity (Wildman–Crippen MR) is 132 cm³/mol. The van der Waals surface area contributed by atoms with Crippen LogP contribution in [0.25, 0.3) is 0 Å². The van der Waals surface area contributed by atoms with Crippen molar-refractivity contribution in [1.29, 1.82) is 0 Å². The maximum absolute atomic E-state index is 12.6. The molecule has 180 valence electrons. The van der Waals surface area contributed by atoms with E-state index < -0.39 is 11.8 Å². The summed E-state index contributed by atoms with van der Waals surface area (Å²) in [5.74, 6) is 0.133. The van der Waals surface area contributed by atoms with E-state index in [0.717, 1.165) is 31.9 Å². The molecule has 1 fully saturated rings. The van der Waals surface area contributed by atoms with Gasteiger partial charge in [-0.1, -0.05) is 6.07 Å². The number of hydrogen-bond donors (Lipinski definition) is 2. The summed E-state index contributed by atoms with van der Waals surface area (Å²) in [6.45, 7) is 5.57. The number of carbonyl (C=O) groups excluding carboxylic acids is 2. The first-order chi connectivity index (χ1) is 16.5. The average molecular weight is 483 g/mol. The number of rotatable bonds is 8. The fourth-order valence-corrected chi connectivity index (χ4v) is 5.23. The number of carbonyl (C=O) groups is 2. The van der Waals surface area contributed by atoms with Crippen LogP contribution in [0.5, 0.6) is 5.75 Å². The molecule has 2 amide bonds. The number of thiophene rings is 1. The van der Waals surface area contributed by atoms with E-state index in [0.29, 0.717) is 5.76 Å². The molecule has 2 atom stereocenters. The first-order valence-electron chi connectivity index (χ1n) is 11.3. The molecule has 0 aliphatic carbocycles. The van der Waals surface area contributed by atoms with Gasteiger partial charge < -0.3 is 24.7 Å². The molecule has 3 heterocycles. The zero-order valence-corrected chi connectivity index (χ0v) is 20.2. The molecule has 3 aromatic rings. The van der Waals surface area contributed by atoms with Gasteiger partial charge in [-0.3, -0.25) is 14.5 Å². The van der Waals surface area contributed by atoms with Crippen molar-refractivity contribution in [2.24, 2.45) is 0 Å². The Balaban J connectivity index is 1.37. The van der Waals surface area contributed by atoms with Crippen LogP contribution in [0.1, 0.15) is 23.6 Å². The largest absolute Gasteiger partial charge is 0.497 e. The standard InChI is InChI=1S/C25H30N4O4S/c1-18(27-25(31)24(30)26-17-21-5-3-15-33-21)23(22-6-4-16-34-22)29-13-11-28(12-14-29)19-7-9-20(32-2)10-8-19/h3-10,15-16,18,23H,11-14,17H2,1-2H3,(H,26,30)(H,27,31)/t18-,23-/m0/s1. The second kappa shape index (κ2) is 11.2. The van der Waals surface area contributed by atoms with E-state index in [2.05, 4.69) is 38.6 Å². The number of amides is 2. The number of nitrogens with one attached hydrogen (secondary N) is 2. The number of furan rings is 1. The zero-order valence-electron chi connectivity index (χ0n) is 19.4. The first-order valence-corrected chi connectivity index (χ1v) is 12.2. The van der Waals surface area contributed by atoms with E-state index in [1.807, 2.05) is 30.5 Å². The van der Waals surface area contributed by atoms with Crippen molar-refractivity contribution in [3.05, 3.63) is 70.8 Å². The molecule has 2 N–H and O–H groups in total. The third kappa shape index (κ3) is 5.78. The van der Waals surface area contributed by atoms with Crippen molar-refractivity contribution >= 4 is 28.8 Å². The SMILES string of the molecule is COc1ccc(N2CCN([C@H](c3cccs3)[C@H](C)NC(=O)C(=O)NCc3ccco3)CC2)cc1. The molecular weight excluding hydrogens is 452 g/mol. The van der Waals surface area contributed by atoms with Crippen LogP contribution in [0.2, 0.25) is 0 Å². The van der Waals surface area contributed by atoms with Gasteiger partial charge in [0.05, 0.1) is 26.0 Å². The Morgan fingerprint density at radius 1 is 1.06 bits per heavy atom. The number of methoxy groups -OCH3 is 1. The average Bonchev–Trinajstić information content (AvgIpc) is 3.58. The highest BCUT2D eigenvalue weighted by Gasteiger charge is 2.32. The van der Waals surface area contributed by atoms with Crippen LogP contribution in [-0.4, -0.2) is 56.0 Å². The van der Waals surface area contributed by atoms with E-state index >= 15 is 0 Å². The molecule has 34 heavy (non-hydrogen) atoms. The van der Waals surface area contributed by atoms with E-state index in [4.69, 9.17) is 9.15 Å². The minimum absolute atomic E-state index is 0.0140. The molecule has 1 aliphatic heterocycles. The second-order valence-corrected chi connectivity index (χ2v) is 9.18. The van der Waals surface area contributed by atoms with Gasteiger partial charge >= 0.3 is 11.8 Å². The van der Waals surface area contributed by atoms with Crippen LogP contribution >= 0.6 is 11.3 Å². The topological polar surface area (TPSA) is 87.0 Å². The molecule has 0 spiro atoms. The van der Waals surface area contributed by atoms with Crippen molar-refractivity contribution < 1.29 is 18.7 Å². The van der Waals surface area contributed by atoms with E-state index in [1.165, 1.54) is 16.8 Å². The molecule has 8 nitrogen and oxygen atoms in total. The summed E-state index contributed by atoms with van der Waals surface area (Å²) < 4.78 is 10.5. The van der Waals surface area contributed by atoms with Crippen molar-refractivity contribution in [2.75, 3.05) is 38.2 Å². The third-order valence-corrected chi connectivity index (χ3v) is 6.96. The Labute approximate surface area is 203 Å². The van der Waals surface area contributed by atoms with Gasteiger partial charge in [0.2, 0.25) is 0 Å². The Hall–Kier alpha value is -3.30. The van der Waals surface area contributed by atoms with Crippen LogP contribution in [0.15, 0.2) is 64.6 Å². The summed E-state index contributed by atoms with van der Waals surface area (Å²) >= 11 is 1.66. The number of benzene rings is 1. The van der Waals surface area contributed by atoms with E-state index in [1.54, 1.807) is 30.6 Å². The van der Waals surface area contributed by atoms with E-state index in [-0.39, 0.29) is 18.6 Å². The Kier molecular flexibility index (Phi) is 7.87. The minimum Gasteiger partial charge on any atom is -0.497 e. The normalized spacial score (nSPS) is 16.0. The number of hydrogen-bond acceptors (Lipinski definition) is 7. The minimum atomic E-state index is -0.669. The number of nitrogens with zero attached hydrogens (tertiary/aromatic N) is 2. The van der Waals surface area contributed by atoms with Gasteiger partial charge in [0.25, 0.3) is 0 Å². The maximum Gasteiger partial charge on any atom is 0.309 e. The highest BCUT2D eigenvalue weighted by molar-refractivity contribution is 7.10. The summed E-state index contributed by atoms with van der Waals surface area (Å²) in [5.41, 5.74) is 1.17. The van der Waals surface area contributed by atoms with E-state index in [9.17, 15) is 9.59 Å². The summed E-state index contributed by atoms with van der Waals surface area (Å²) in [5, 5.41) is 7.55. The van der Waals surface area contributed by atoms with Gasteiger partial charge in [0.15, 0.2) is 0 Å². The lowest BCUT2D eigenvalue weighted by Gasteiger charge is -2.42. The van der Waals surface area contributed by atoms with Gasteiger partial charge in [-0.2, -0.15) is 0 Å². The van der Waals surface area contributed by atoms with Gasteiger partial charge in [0.1, 0.15) is 11.5 Å². The Bertz CT molecular complexity index is 1050. The first kappa shape index (κ1) is 23.8. The van der Waals surface area contributed by atoms with Crippen molar-refractivity contribution in [1.82, 2.24) is 15.5 Å².